The minimum absolute atomic E-state index is 0.0400. The molecule has 1 saturated heterocycles. The van der Waals surface area contributed by atoms with E-state index in [4.69, 9.17) is 4.74 Å². The lowest BCUT2D eigenvalue weighted by Crippen LogP contribution is -2.29. The fourth-order valence-electron chi connectivity index (χ4n) is 3.11. The monoisotopic (exact) mass is 369 g/mol. The summed E-state index contributed by atoms with van der Waals surface area (Å²) in [6.45, 7) is 6.22. The molecule has 2 aromatic rings. The number of nitrogens with zero attached hydrogens (tertiary/aromatic N) is 1. The number of carbonyl (C=O) groups is 2. The summed E-state index contributed by atoms with van der Waals surface area (Å²) in [5, 5.41) is -0.0400. The maximum absolute atomic E-state index is 12.6. The van der Waals surface area contributed by atoms with Crippen LogP contribution in [0.1, 0.15) is 46.3 Å². The van der Waals surface area contributed by atoms with Gasteiger partial charge in [-0.2, -0.15) is 0 Å². The zero-order chi connectivity index (χ0) is 18.7. The van der Waals surface area contributed by atoms with Crippen molar-refractivity contribution in [1.82, 2.24) is 0 Å². The molecule has 0 aromatic heterocycles. The molecule has 0 spiro atoms. The molecule has 1 unspecified atom stereocenters. The number of benzene rings is 2. The van der Waals surface area contributed by atoms with E-state index in [0.717, 1.165) is 23.2 Å². The van der Waals surface area contributed by atoms with Gasteiger partial charge in [-0.05, 0) is 49.6 Å². The molecule has 136 valence electrons. The third-order valence-corrected chi connectivity index (χ3v) is 5.67. The second-order valence-corrected chi connectivity index (χ2v) is 7.32. The number of hydrogen-bond donors (Lipinski definition) is 0. The topological polar surface area (TPSA) is 46.6 Å². The number of thioether (sulfide) groups is 1. The molecule has 5 heteroatoms. The molecular formula is C21H23NO3S. The third kappa shape index (κ3) is 3.63. The van der Waals surface area contributed by atoms with Crippen molar-refractivity contribution in [2.75, 3.05) is 17.3 Å². The normalized spacial score (nSPS) is 16.8. The van der Waals surface area contributed by atoms with Gasteiger partial charge in [0, 0.05) is 5.69 Å². The lowest BCUT2D eigenvalue weighted by Gasteiger charge is -2.27. The summed E-state index contributed by atoms with van der Waals surface area (Å²) < 4.78 is 5.09. The van der Waals surface area contributed by atoms with Crippen LogP contribution >= 0.6 is 11.8 Å². The number of carbonyl (C=O) groups excluding carboxylic acids is 2. The van der Waals surface area contributed by atoms with Crippen LogP contribution in [0, 0.1) is 6.92 Å². The summed E-state index contributed by atoms with van der Waals surface area (Å²) in [6, 6.07) is 13.8. The molecule has 26 heavy (non-hydrogen) atoms. The van der Waals surface area contributed by atoms with Gasteiger partial charge in [0.15, 0.2) is 0 Å². The van der Waals surface area contributed by atoms with E-state index in [1.165, 1.54) is 5.56 Å². The van der Waals surface area contributed by atoms with Crippen molar-refractivity contribution < 1.29 is 14.3 Å². The van der Waals surface area contributed by atoms with Crippen LogP contribution in [0.4, 0.5) is 5.69 Å². The molecule has 0 N–H and O–H groups in total. The van der Waals surface area contributed by atoms with Crippen LogP contribution in [-0.4, -0.2) is 24.2 Å². The molecule has 3 rings (SSSR count). The largest absolute Gasteiger partial charge is 0.462 e. The fourth-order valence-corrected chi connectivity index (χ4v) is 4.28. The fraction of sp³-hybridized carbons (Fsp3) is 0.333. The van der Waals surface area contributed by atoms with Crippen LogP contribution in [0.2, 0.25) is 0 Å². The Kier molecular flexibility index (Phi) is 5.67. The van der Waals surface area contributed by atoms with Crippen molar-refractivity contribution >= 4 is 29.3 Å². The van der Waals surface area contributed by atoms with Crippen LogP contribution in [0.15, 0.2) is 42.5 Å². The van der Waals surface area contributed by atoms with Crippen LogP contribution in [0.5, 0.6) is 0 Å². The zero-order valence-corrected chi connectivity index (χ0v) is 16.1. The Morgan fingerprint density at radius 3 is 2.58 bits per heavy atom. The van der Waals surface area contributed by atoms with E-state index >= 15 is 0 Å². The van der Waals surface area contributed by atoms with Gasteiger partial charge in [-0.25, -0.2) is 4.79 Å². The van der Waals surface area contributed by atoms with E-state index in [-0.39, 0.29) is 17.3 Å². The lowest BCUT2D eigenvalue weighted by molar-refractivity contribution is -0.115. The first-order chi connectivity index (χ1) is 12.5. The highest BCUT2D eigenvalue weighted by Gasteiger charge is 2.35. The Bertz CT molecular complexity index is 817. The summed E-state index contributed by atoms with van der Waals surface area (Å²) in [7, 11) is 0. The first-order valence-electron chi connectivity index (χ1n) is 8.85. The number of aryl methyl sites for hydroxylation is 2. The molecule has 0 aliphatic carbocycles. The molecule has 1 heterocycles. The summed E-state index contributed by atoms with van der Waals surface area (Å²) >= 11 is 1.63. The molecule has 4 nitrogen and oxygen atoms in total. The van der Waals surface area contributed by atoms with Crippen LogP contribution in [0.3, 0.4) is 0 Å². The number of esters is 1. The van der Waals surface area contributed by atoms with E-state index < -0.39 is 0 Å². The SMILES string of the molecule is CCOC(=O)c1ccc(N2C(=O)CSC2c2ccc(C)cc2)c(CC)c1. The molecule has 1 aliphatic heterocycles. The minimum atomic E-state index is -0.328. The Morgan fingerprint density at radius 2 is 1.92 bits per heavy atom. The summed E-state index contributed by atoms with van der Waals surface area (Å²) in [5.74, 6) is 0.228. The van der Waals surface area contributed by atoms with Crippen molar-refractivity contribution in [2.24, 2.45) is 0 Å². The van der Waals surface area contributed by atoms with Gasteiger partial charge in [0.1, 0.15) is 5.37 Å². The van der Waals surface area contributed by atoms with Gasteiger partial charge in [0.25, 0.3) is 0 Å². The second-order valence-electron chi connectivity index (χ2n) is 6.26. The molecule has 1 aliphatic rings. The average Bonchev–Trinajstić information content (AvgIpc) is 3.03. The summed E-state index contributed by atoms with van der Waals surface area (Å²) in [6.07, 6.45) is 0.734. The van der Waals surface area contributed by atoms with Gasteiger partial charge in [-0.3, -0.25) is 9.69 Å². The molecule has 1 amide bonds. The molecule has 1 fully saturated rings. The number of rotatable bonds is 5. The molecule has 2 aromatic carbocycles. The molecule has 0 saturated carbocycles. The highest BCUT2D eigenvalue weighted by Crippen LogP contribution is 2.43. The molecule has 0 radical (unpaired) electrons. The van der Waals surface area contributed by atoms with Crippen molar-refractivity contribution in [2.45, 2.75) is 32.6 Å². The third-order valence-electron chi connectivity index (χ3n) is 4.46. The average molecular weight is 369 g/mol. The standard InChI is InChI=1S/C21H23NO3S/c1-4-15-12-17(21(24)25-5-2)10-11-18(15)22-19(23)13-26-20(22)16-8-6-14(3)7-9-16/h6-12,20H,4-5,13H2,1-3H3. The maximum Gasteiger partial charge on any atom is 0.338 e. The van der Waals surface area contributed by atoms with Gasteiger partial charge in [0.2, 0.25) is 5.91 Å². The highest BCUT2D eigenvalue weighted by atomic mass is 32.2. The van der Waals surface area contributed by atoms with Gasteiger partial charge < -0.3 is 4.74 Å². The maximum atomic E-state index is 12.6. The van der Waals surface area contributed by atoms with Gasteiger partial charge in [0.05, 0.1) is 17.9 Å². The van der Waals surface area contributed by atoms with E-state index in [2.05, 4.69) is 31.2 Å². The number of amides is 1. The van der Waals surface area contributed by atoms with Crippen LogP contribution in [-0.2, 0) is 16.0 Å². The molecule has 1 atom stereocenters. The number of hydrogen-bond acceptors (Lipinski definition) is 4. The Hall–Kier alpha value is -2.27. The molecule has 0 bridgehead atoms. The summed E-state index contributed by atoms with van der Waals surface area (Å²) in [4.78, 5) is 26.5. The Balaban J connectivity index is 1.98. The van der Waals surface area contributed by atoms with E-state index in [1.54, 1.807) is 24.8 Å². The first kappa shape index (κ1) is 18.5. The van der Waals surface area contributed by atoms with Gasteiger partial charge in [-0.1, -0.05) is 36.8 Å². The van der Waals surface area contributed by atoms with Crippen molar-refractivity contribution in [1.29, 1.82) is 0 Å². The quantitative estimate of drug-likeness (QED) is 0.728. The Morgan fingerprint density at radius 1 is 1.19 bits per heavy atom. The van der Waals surface area contributed by atoms with Crippen LogP contribution < -0.4 is 4.90 Å². The highest BCUT2D eigenvalue weighted by molar-refractivity contribution is 8.00. The Labute approximate surface area is 158 Å². The van der Waals surface area contributed by atoms with Gasteiger partial charge in [-0.15, -0.1) is 11.8 Å². The zero-order valence-electron chi connectivity index (χ0n) is 15.3. The molecular weight excluding hydrogens is 346 g/mol. The minimum Gasteiger partial charge on any atom is -0.462 e. The van der Waals surface area contributed by atoms with Crippen molar-refractivity contribution in [3.05, 3.63) is 64.7 Å². The predicted molar refractivity (Wildman–Crippen MR) is 106 cm³/mol. The number of anilines is 1. The number of ether oxygens (including phenoxy) is 1. The van der Waals surface area contributed by atoms with Gasteiger partial charge >= 0.3 is 5.97 Å². The van der Waals surface area contributed by atoms with Crippen molar-refractivity contribution in [3.63, 3.8) is 0 Å². The predicted octanol–water partition coefficient (Wildman–Crippen LogP) is 4.51. The first-order valence-corrected chi connectivity index (χ1v) is 9.90. The van der Waals surface area contributed by atoms with Crippen molar-refractivity contribution in [3.8, 4) is 0 Å². The van der Waals surface area contributed by atoms with E-state index in [1.807, 2.05) is 24.0 Å². The lowest BCUT2D eigenvalue weighted by atomic mass is 10.0. The van der Waals surface area contributed by atoms with Crippen LogP contribution in [0.25, 0.3) is 0 Å². The summed E-state index contributed by atoms with van der Waals surface area (Å²) in [5.41, 5.74) is 4.69. The van der Waals surface area contributed by atoms with E-state index in [0.29, 0.717) is 17.9 Å². The smallest absolute Gasteiger partial charge is 0.338 e. The second kappa shape index (κ2) is 7.96. The van der Waals surface area contributed by atoms with E-state index in [9.17, 15) is 9.59 Å².